The van der Waals surface area contributed by atoms with Crippen LogP contribution in [0, 0.1) is 0 Å². The maximum absolute atomic E-state index is 12.1. The van der Waals surface area contributed by atoms with E-state index >= 15 is 0 Å². The van der Waals surface area contributed by atoms with E-state index in [2.05, 4.69) is 19.4 Å². The molecule has 4 rings (SSSR count). The van der Waals surface area contributed by atoms with Gasteiger partial charge in [-0.2, -0.15) is 8.75 Å². The summed E-state index contributed by atoms with van der Waals surface area (Å²) < 4.78 is 14.1. The summed E-state index contributed by atoms with van der Waals surface area (Å²) in [7, 11) is 0. The Morgan fingerprint density at radius 3 is 2.75 bits per heavy atom. The van der Waals surface area contributed by atoms with Gasteiger partial charge in [0.25, 0.3) is 0 Å². The van der Waals surface area contributed by atoms with Crippen LogP contribution in [0.25, 0.3) is 28.4 Å². The smallest absolute Gasteiger partial charge is 0.250 e. The zero-order valence-corrected chi connectivity index (χ0v) is 16.1. The lowest BCUT2D eigenvalue weighted by Crippen LogP contribution is -2.32. The van der Waals surface area contributed by atoms with Crippen molar-refractivity contribution in [1.82, 2.24) is 14.1 Å². The van der Waals surface area contributed by atoms with Crippen molar-refractivity contribution in [1.29, 1.82) is 0 Å². The number of hydrogen-bond donors (Lipinski definition) is 2. The van der Waals surface area contributed by atoms with Crippen LogP contribution in [0.2, 0.25) is 0 Å². The number of rotatable bonds is 4. The van der Waals surface area contributed by atoms with E-state index in [0.717, 1.165) is 28.6 Å². The third kappa shape index (κ3) is 4.13. The summed E-state index contributed by atoms with van der Waals surface area (Å²) in [6, 6.07) is 18.9. The van der Waals surface area contributed by atoms with Crippen molar-refractivity contribution in [2.75, 3.05) is 5.32 Å². The normalized spacial score (nSPS) is 11.0. The van der Waals surface area contributed by atoms with Gasteiger partial charge in [-0.15, -0.1) is 0 Å². The Bertz CT molecular complexity index is 1170. The molecule has 28 heavy (non-hydrogen) atoms. The summed E-state index contributed by atoms with van der Waals surface area (Å²) in [4.78, 5) is 12.1. The van der Waals surface area contributed by atoms with Gasteiger partial charge in [0.1, 0.15) is 22.6 Å². The fourth-order valence-corrected chi connectivity index (χ4v) is 3.33. The van der Waals surface area contributed by atoms with Crippen LogP contribution in [0.4, 0.5) is 5.69 Å². The van der Waals surface area contributed by atoms with Crippen LogP contribution in [0.5, 0.6) is 0 Å². The van der Waals surface area contributed by atoms with Crippen LogP contribution in [-0.2, 0) is 4.79 Å². The maximum atomic E-state index is 12.1. The molecule has 0 bridgehead atoms. The van der Waals surface area contributed by atoms with Gasteiger partial charge in [0.05, 0.1) is 17.4 Å². The first kappa shape index (κ1) is 18.0. The summed E-state index contributed by atoms with van der Waals surface area (Å²) in [5, 5.41) is 5.75. The van der Waals surface area contributed by atoms with Crippen molar-refractivity contribution in [3.05, 3.63) is 72.5 Å². The van der Waals surface area contributed by atoms with Crippen molar-refractivity contribution < 1.29 is 9.21 Å². The fourth-order valence-electron chi connectivity index (χ4n) is 2.57. The Morgan fingerprint density at radius 1 is 1.04 bits per heavy atom. The molecule has 0 fully saturated rings. The van der Waals surface area contributed by atoms with Crippen molar-refractivity contribution in [2.24, 2.45) is 0 Å². The molecule has 2 aromatic carbocycles. The molecule has 0 aliphatic carbocycles. The van der Waals surface area contributed by atoms with E-state index in [1.54, 1.807) is 12.1 Å². The fraction of sp³-hybridized carbons (Fsp3) is 0. The van der Waals surface area contributed by atoms with Gasteiger partial charge in [0.2, 0.25) is 5.91 Å². The Balaban J connectivity index is 1.37. The second-order valence-electron chi connectivity index (χ2n) is 5.78. The minimum Gasteiger partial charge on any atom is -0.457 e. The molecule has 1 amide bonds. The van der Waals surface area contributed by atoms with E-state index in [9.17, 15) is 4.79 Å². The number of aromatic nitrogens is 2. The van der Waals surface area contributed by atoms with Crippen LogP contribution in [0.15, 0.2) is 71.2 Å². The number of furan rings is 1. The van der Waals surface area contributed by atoms with Crippen molar-refractivity contribution in [3.8, 4) is 11.3 Å². The lowest BCUT2D eigenvalue weighted by atomic mass is 10.2. The van der Waals surface area contributed by atoms with Crippen LogP contribution < -0.4 is 10.6 Å². The number of anilines is 1. The molecule has 0 aliphatic heterocycles. The number of thiocarbonyl (C=S) groups is 1. The first-order chi connectivity index (χ1) is 13.7. The Labute approximate surface area is 170 Å². The number of hydrogen-bond acceptors (Lipinski definition) is 6. The molecule has 0 atom stereocenters. The zero-order valence-electron chi connectivity index (χ0n) is 14.5. The second kappa shape index (κ2) is 8.12. The summed E-state index contributed by atoms with van der Waals surface area (Å²) in [6.07, 6.45) is 2.96. The molecule has 2 N–H and O–H groups in total. The van der Waals surface area contributed by atoms with Gasteiger partial charge in [-0.25, -0.2) is 0 Å². The molecule has 138 valence electrons. The van der Waals surface area contributed by atoms with Gasteiger partial charge < -0.3 is 9.73 Å². The molecule has 4 aromatic rings. The SMILES string of the molecule is O=C(/C=C/c1ccc(-c2ccccc2)o1)NC(=S)Nc1cccc2nsnc12. The summed E-state index contributed by atoms with van der Waals surface area (Å²) in [5.74, 6) is 0.952. The van der Waals surface area contributed by atoms with Crippen LogP contribution in [-0.4, -0.2) is 19.8 Å². The Morgan fingerprint density at radius 2 is 1.89 bits per heavy atom. The third-order valence-electron chi connectivity index (χ3n) is 3.86. The topological polar surface area (TPSA) is 80.0 Å². The number of fused-ring (bicyclic) bond motifs is 1. The molecular weight excluding hydrogens is 392 g/mol. The number of benzene rings is 2. The largest absolute Gasteiger partial charge is 0.457 e. The standard InChI is InChI=1S/C20H14N4O2S2/c25-18(12-10-14-9-11-17(26-14)13-5-2-1-3-6-13)22-20(27)21-15-7-4-8-16-19(15)24-28-23-16/h1-12H,(H2,21,22,25,27)/b12-10+. The predicted molar refractivity (Wildman–Crippen MR) is 115 cm³/mol. The average molecular weight is 406 g/mol. The van der Waals surface area contributed by atoms with E-state index < -0.39 is 0 Å². The minimum absolute atomic E-state index is 0.180. The monoisotopic (exact) mass is 406 g/mol. The Hall–Kier alpha value is -3.36. The molecular formula is C20H14N4O2S2. The lowest BCUT2D eigenvalue weighted by molar-refractivity contribution is -0.115. The number of carbonyl (C=O) groups is 1. The van der Waals surface area contributed by atoms with Crippen LogP contribution in [0.3, 0.4) is 0 Å². The van der Waals surface area contributed by atoms with Gasteiger partial charge in [-0.05, 0) is 42.6 Å². The number of amides is 1. The summed E-state index contributed by atoms with van der Waals surface area (Å²) >= 11 is 6.32. The van der Waals surface area contributed by atoms with E-state index in [0.29, 0.717) is 17.0 Å². The molecule has 0 saturated carbocycles. The highest BCUT2D eigenvalue weighted by Crippen LogP contribution is 2.22. The summed E-state index contributed by atoms with van der Waals surface area (Å²) in [6.45, 7) is 0. The van der Waals surface area contributed by atoms with Crippen molar-refractivity contribution in [3.63, 3.8) is 0 Å². The lowest BCUT2D eigenvalue weighted by Gasteiger charge is -2.08. The van der Waals surface area contributed by atoms with Gasteiger partial charge in [0, 0.05) is 11.6 Å². The van der Waals surface area contributed by atoms with E-state index in [1.165, 1.54) is 6.08 Å². The quantitative estimate of drug-likeness (QED) is 0.384. The highest BCUT2D eigenvalue weighted by molar-refractivity contribution is 7.80. The van der Waals surface area contributed by atoms with E-state index in [1.807, 2.05) is 54.6 Å². The number of carbonyl (C=O) groups excluding carboxylic acids is 1. The molecule has 6 nitrogen and oxygen atoms in total. The molecule has 0 spiro atoms. The maximum Gasteiger partial charge on any atom is 0.250 e. The second-order valence-corrected chi connectivity index (χ2v) is 6.72. The molecule has 0 radical (unpaired) electrons. The van der Waals surface area contributed by atoms with Crippen molar-refractivity contribution in [2.45, 2.75) is 0 Å². The molecule has 8 heteroatoms. The molecule has 0 saturated heterocycles. The van der Waals surface area contributed by atoms with Gasteiger partial charge in [-0.1, -0.05) is 36.4 Å². The molecule has 2 aromatic heterocycles. The average Bonchev–Trinajstić information content (AvgIpc) is 3.37. The first-order valence-electron chi connectivity index (χ1n) is 8.35. The van der Waals surface area contributed by atoms with E-state index in [-0.39, 0.29) is 11.0 Å². The minimum atomic E-state index is -0.362. The predicted octanol–water partition coefficient (Wildman–Crippen LogP) is 4.48. The van der Waals surface area contributed by atoms with Crippen LogP contribution in [0.1, 0.15) is 5.76 Å². The Kier molecular flexibility index (Phi) is 5.22. The van der Waals surface area contributed by atoms with Gasteiger partial charge in [0.15, 0.2) is 5.11 Å². The summed E-state index contributed by atoms with van der Waals surface area (Å²) in [5.41, 5.74) is 3.15. The number of nitrogens with one attached hydrogen (secondary N) is 2. The van der Waals surface area contributed by atoms with Crippen molar-refractivity contribution >= 4 is 57.8 Å². The highest BCUT2D eigenvalue weighted by atomic mass is 32.1. The highest BCUT2D eigenvalue weighted by Gasteiger charge is 2.08. The van der Waals surface area contributed by atoms with Gasteiger partial charge >= 0.3 is 0 Å². The van der Waals surface area contributed by atoms with E-state index in [4.69, 9.17) is 16.6 Å². The van der Waals surface area contributed by atoms with Gasteiger partial charge in [-0.3, -0.25) is 10.1 Å². The molecule has 0 unspecified atom stereocenters. The van der Waals surface area contributed by atoms with Crippen LogP contribution >= 0.6 is 23.9 Å². The zero-order chi connectivity index (χ0) is 19.3. The molecule has 2 heterocycles. The number of nitrogens with zero attached hydrogens (tertiary/aromatic N) is 2. The third-order valence-corrected chi connectivity index (χ3v) is 4.60. The first-order valence-corrected chi connectivity index (χ1v) is 9.49. The molecule has 0 aliphatic rings.